The van der Waals surface area contributed by atoms with Crippen LogP contribution in [0.25, 0.3) is 43.7 Å². The Morgan fingerprint density at radius 3 is 1.54 bits per heavy atom. The van der Waals surface area contributed by atoms with Gasteiger partial charge in [0, 0.05) is 134 Å². The number of aromatic nitrogens is 2. The second-order valence-electron chi connectivity index (χ2n) is 17.8. The van der Waals surface area contributed by atoms with Crippen LogP contribution in [0.4, 0.5) is 25.4 Å². The molecule has 0 bridgehead atoms. The zero-order chi connectivity index (χ0) is 49.4. The minimum atomic E-state index is -1.32. The molecule has 2 saturated heterocycles. The molecule has 0 aliphatic carbocycles. The van der Waals surface area contributed by atoms with Gasteiger partial charge in [0.05, 0.1) is 18.5 Å². The summed E-state index contributed by atoms with van der Waals surface area (Å²) in [6, 6.07) is 23.7. The van der Waals surface area contributed by atoms with Crippen molar-refractivity contribution in [1.82, 2.24) is 19.8 Å². The lowest BCUT2D eigenvalue weighted by Crippen LogP contribution is -2.46. The Labute approximate surface area is 406 Å². The van der Waals surface area contributed by atoms with E-state index >= 15 is 0 Å². The first-order valence-electron chi connectivity index (χ1n) is 23.8. The van der Waals surface area contributed by atoms with Crippen molar-refractivity contribution in [2.45, 2.75) is 38.5 Å². The number of unbranched alkanes of at least 4 members (excludes halogenated alkanes) is 2. The molecule has 8 aromatic rings. The molecule has 0 amide bonds. The number of carbonyl (C=O) groups is 2. The highest BCUT2D eigenvalue weighted by Gasteiger charge is 2.22. The first kappa shape index (κ1) is 48.2. The molecular formula is C53H55FN6O11. The summed E-state index contributed by atoms with van der Waals surface area (Å²) < 4.78 is 40.1. The predicted octanol–water partition coefficient (Wildman–Crippen LogP) is 9.10. The van der Waals surface area contributed by atoms with Gasteiger partial charge in [-0.2, -0.15) is 0 Å². The van der Waals surface area contributed by atoms with Gasteiger partial charge in [-0.3, -0.25) is 9.80 Å². The van der Waals surface area contributed by atoms with E-state index in [4.69, 9.17) is 33.3 Å². The summed E-state index contributed by atoms with van der Waals surface area (Å²) in [5.41, 5.74) is 5.69. The molecule has 18 heteroatoms. The molecule has 71 heavy (non-hydrogen) atoms. The van der Waals surface area contributed by atoms with Gasteiger partial charge in [-0.1, -0.05) is 0 Å². The van der Waals surface area contributed by atoms with E-state index in [1.54, 1.807) is 55.6 Å². The predicted molar refractivity (Wildman–Crippen MR) is 269 cm³/mol. The lowest BCUT2D eigenvalue weighted by Gasteiger charge is -2.36. The van der Waals surface area contributed by atoms with Crippen molar-refractivity contribution < 1.29 is 47.2 Å². The number of fused-ring (bicyclic) bond motifs is 4. The highest BCUT2D eigenvalue weighted by molar-refractivity contribution is 5.87. The number of ether oxygens (including phenoxy) is 3. The van der Waals surface area contributed by atoms with Crippen LogP contribution < -0.4 is 35.3 Å². The lowest BCUT2D eigenvalue weighted by atomic mass is 10.1. The smallest absolute Gasteiger partial charge is 0.494 e. The fraction of sp³-hybridized carbons (Fsp3) is 0.321. The van der Waals surface area contributed by atoms with Crippen molar-refractivity contribution in [3.63, 3.8) is 0 Å². The van der Waals surface area contributed by atoms with Gasteiger partial charge in [0.25, 0.3) is 0 Å². The lowest BCUT2D eigenvalue weighted by molar-refractivity contribution is 0.143. The van der Waals surface area contributed by atoms with Crippen molar-refractivity contribution in [1.29, 1.82) is 0 Å². The maximum atomic E-state index is 14.7. The van der Waals surface area contributed by atoms with Crippen LogP contribution in [0, 0.1) is 5.82 Å². The second kappa shape index (κ2) is 21.9. The third-order valence-corrected chi connectivity index (χ3v) is 13.3. The Bertz CT molecular complexity index is 3290. The van der Waals surface area contributed by atoms with E-state index in [1.807, 2.05) is 35.5 Å². The van der Waals surface area contributed by atoms with Crippen LogP contribution in [0.3, 0.4) is 0 Å². The standard InChI is InChI=1S/C27H29N3O6.C26H26FN3O5/c1-34-25-16-24-18(5-8-26(31)36-24)14-23(25)30-12-10-29(11-13-30)9-3-2-4-19-17-28-22-15-20(35-27(32)33)6-7-21(19)22;27-21-15-24-17(4-7-25(31)35-24)13-23(21)30-11-9-29(10-12-30)8-2-1-3-18-16-28-22-14-19(34-26(32)33)5-6-20(18)22/h5-8,14-17,28H,2-4,9-13H2,1H3,(H,32,33);4-7,13-16,28H,1-3,8-12H2,(H,32,33). The Kier molecular flexibility index (Phi) is 14.8. The largest absolute Gasteiger partial charge is 0.511 e. The molecule has 370 valence electrons. The third kappa shape index (κ3) is 11.8. The van der Waals surface area contributed by atoms with Gasteiger partial charge in [0.15, 0.2) is 0 Å². The Hall–Kier alpha value is -7.83. The normalized spacial score (nSPS) is 14.5. The summed E-state index contributed by atoms with van der Waals surface area (Å²) in [7, 11) is 1.64. The summed E-state index contributed by atoms with van der Waals surface area (Å²) in [5.74, 6) is 0.953. The van der Waals surface area contributed by atoms with Gasteiger partial charge in [-0.15, -0.1) is 0 Å². The molecule has 2 fully saturated rings. The first-order chi connectivity index (χ1) is 34.5. The average molecular weight is 971 g/mol. The van der Waals surface area contributed by atoms with Crippen molar-refractivity contribution in [3.8, 4) is 17.2 Å². The fourth-order valence-corrected chi connectivity index (χ4v) is 9.62. The highest BCUT2D eigenvalue weighted by Crippen LogP contribution is 2.34. The average Bonchev–Trinajstić information content (AvgIpc) is 3.96. The number of benzene rings is 4. The van der Waals surface area contributed by atoms with Crippen molar-refractivity contribution in [2.24, 2.45) is 0 Å². The van der Waals surface area contributed by atoms with Gasteiger partial charge in [0.1, 0.15) is 34.2 Å². The molecule has 4 aromatic heterocycles. The molecule has 4 aromatic carbocycles. The van der Waals surface area contributed by atoms with Crippen LogP contribution in [0.2, 0.25) is 0 Å². The molecule has 0 radical (unpaired) electrons. The number of anilines is 2. The summed E-state index contributed by atoms with van der Waals surface area (Å²) in [6.45, 7) is 9.00. The van der Waals surface area contributed by atoms with Crippen LogP contribution in [0.1, 0.15) is 36.8 Å². The van der Waals surface area contributed by atoms with Crippen LogP contribution >= 0.6 is 0 Å². The molecule has 4 N–H and O–H groups in total. The van der Waals surface area contributed by atoms with E-state index in [0.29, 0.717) is 33.9 Å². The van der Waals surface area contributed by atoms with Crippen molar-refractivity contribution >= 4 is 67.4 Å². The summed E-state index contributed by atoms with van der Waals surface area (Å²) >= 11 is 0. The van der Waals surface area contributed by atoms with E-state index in [1.165, 1.54) is 29.3 Å². The number of halogens is 1. The number of rotatable bonds is 15. The van der Waals surface area contributed by atoms with Gasteiger partial charge < -0.3 is 53.0 Å². The van der Waals surface area contributed by atoms with Gasteiger partial charge in [-0.25, -0.2) is 23.6 Å². The van der Waals surface area contributed by atoms with Gasteiger partial charge in [0.2, 0.25) is 0 Å². The number of carboxylic acid groups (broad SMARTS) is 2. The van der Waals surface area contributed by atoms with Gasteiger partial charge >= 0.3 is 23.6 Å². The summed E-state index contributed by atoms with van der Waals surface area (Å²) in [5, 5.41) is 21.3. The van der Waals surface area contributed by atoms with Crippen LogP contribution in [-0.4, -0.2) is 115 Å². The maximum absolute atomic E-state index is 14.7. The van der Waals surface area contributed by atoms with Crippen LogP contribution in [0.5, 0.6) is 17.2 Å². The number of nitrogens with zero attached hydrogens (tertiary/aromatic N) is 4. The molecule has 0 saturated carbocycles. The second-order valence-corrected chi connectivity index (χ2v) is 17.8. The van der Waals surface area contributed by atoms with Crippen LogP contribution in [-0.2, 0) is 12.8 Å². The Balaban J connectivity index is 0.000000176. The number of hydrogen-bond acceptors (Lipinski definition) is 13. The molecule has 6 heterocycles. The van der Waals surface area contributed by atoms with E-state index < -0.39 is 17.9 Å². The summed E-state index contributed by atoms with van der Waals surface area (Å²) in [6.07, 6.45) is 7.48. The Morgan fingerprint density at radius 1 is 0.592 bits per heavy atom. The zero-order valence-corrected chi connectivity index (χ0v) is 39.3. The van der Waals surface area contributed by atoms with Crippen molar-refractivity contribution in [2.75, 3.05) is 82.4 Å². The molecule has 2 aliphatic rings. The Morgan fingerprint density at radius 2 is 1.06 bits per heavy atom. The number of H-pyrrole nitrogens is 2. The molecule has 2 aliphatic heterocycles. The quantitative estimate of drug-likeness (QED) is 0.0327. The van der Waals surface area contributed by atoms with Gasteiger partial charge in [-0.05, 0) is 111 Å². The third-order valence-electron chi connectivity index (χ3n) is 13.3. The first-order valence-corrected chi connectivity index (χ1v) is 23.8. The number of aromatic amines is 2. The fourth-order valence-electron chi connectivity index (χ4n) is 9.62. The maximum Gasteiger partial charge on any atom is 0.511 e. The zero-order valence-electron chi connectivity index (χ0n) is 39.3. The minimum Gasteiger partial charge on any atom is -0.494 e. The molecule has 0 spiro atoms. The SMILES string of the molecule is COc1cc2oc(=O)ccc2cc1N1CCN(CCCCc2c[nH]c3cc(OC(=O)O)ccc23)CC1.O=C(O)Oc1ccc2c(CCCCN3CCN(c4cc5ccc(=O)oc5cc4F)CC3)c[nH]c2c1. The minimum absolute atomic E-state index is 0.265. The molecule has 17 nitrogen and oxygen atoms in total. The van der Waals surface area contributed by atoms with Crippen molar-refractivity contribution in [3.05, 3.63) is 135 Å². The molecule has 0 unspecified atom stereocenters. The van der Waals surface area contributed by atoms with Crippen LogP contribution in [0.15, 0.2) is 116 Å². The highest BCUT2D eigenvalue weighted by atomic mass is 19.1. The molecular weight excluding hydrogens is 916 g/mol. The molecule has 10 rings (SSSR count). The summed E-state index contributed by atoms with van der Waals surface area (Å²) in [4.78, 5) is 60.0. The van der Waals surface area contributed by atoms with E-state index in [-0.39, 0.29) is 17.0 Å². The van der Waals surface area contributed by atoms with E-state index in [2.05, 4.69) is 24.7 Å². The van der Waals surface area contributed by atoms with E-state index in [0.717, 1.165) is 137 Å². The number of piperazine rings is 2. The number of hydrogen-bond donors (Lipinski definition) is 4. The topological polar surface area (TPSA) is 207 Å². The number of nitrogens with one attached hydrogen (secondary N) is 2. The molecule has 0 atom stereocenters. The number of aryl methyl sites for hydroxylation is 2. The number of methoxy groups -OCH3 is 1. The monoisotopic (exact) mass is 970 g/mol. The van der Waals surface area contributed by atoms with E-state index in [9.17, 15) is 23.6 Å².